The maximum absolute atomic E-state index is 14.0. The van der Waals surface area contributed by atoms with Crippen molar-refractivity contribution in [1.29, 1.82) is 0 Å². The standard InChI is InChI=1S/C22H27FN2O5/c1-13-15-5-4-6-16(23)19(15)30-18(13)20(27)25-9-7-22(8-10-25)11-17(24-14(2)26)21(3,28)12-29-22/h4-6,17,28H,7-12H2,1-3H3,(H,24,26)/t17-,21-/m0/s1. The maximum Gasteiger partial charge on any atom is 0.289 e. The van der Waals surface area contributed by atoms with Gasteiger partial charge in [-0.25, -0.2) is 4.39 Å². The number of carbonyl (C=O) groups is 2. The lowest BCUT2D eigenvalue weighted by Crippen LogP contribution is -2.63. The average Bonchev–Trinajstić information content (AvgIpc) is 3.03. The Morgan fingerprint density at radius 3 is 2.63 bits per heavy atom. The number of aliphatic hydroxyl groups is 1. The normalized spacial score (nSPS) is 26.2. The first kappa shape index (κ1) is 20.8. The first-order valence-electron chi connectivity index (χ1n) is 10.2. The van der Waals surface area contributed by atoms with Crippen LogP contribution in [0.2, 0.25) is 0 Å². The van der Waals surface area contributed by atoms with Gasteiger partial charge in [-0.2, -0.15) is 0 Å². The number of ether oxygens (including phenoxy) is 1. The lowest BCUT2D eigenvalue weighted by Gasteiger charge is -2.50. The lowest BCUT2D eigenvalue weighted by molar-refractivity contribution is -0.191. The number of fused-ring (bicyclic) bond motifs is 1. The van der Waals surface area contributed by atoms with Crippen LogP contribution in [-0.2, 0) is 9.53 Å². The van der Waals surface area contributed by atoms with Gasteiger partial charge in [0.15, 0.2) is 17.2 Å². The predicted octanol–water partition coefficient (Wildman–Crippen LogP) is 2.53. The van der Waals surface area contributed by atoms with Crippen LogP contribution in [0.5, 0.6) is 0 Å². The van der Waals surface area contributed by atoms with Crippen LogP contribution in [0, 0.1) is 12.7 Å². The molecule has 0 aliphatic carbocycles. The Morgan fingerprint density at radius 2 is 2.00 bits per heavy atom. The van der Waals surface area contributed by atoms with E-state index in [4.69, 9.17) is 9.15 Å². The second kappa shape index (κ2) is 7.35. The molecule has 2 aliphatic heterocycles. The van der Waals surface area contributed by atoms with E-state index in [0.29, 0.717) is 43.3 Å². The molecule has 3 heterocycles. The molecule has 0 radical (unpaired) electrons. The van der Waals surface area contributed by atoms with Crippen LogP contribution in [-0.4, -0.2) is 58.8 Å². The molecule has 2 fully saturated rings. The summed E-state index contributed by atoms with van der Waals surface area (Å²) in [7, 11) is 0. The summed E-state index contributed by atoms with van der Waals surface area (Å²) in [6, 6.07) is 4.24. The molecule has 0 saturated carbocycles. The number of hydrogen-bond donors (Lipinski definition) is 2. The molecule has 2 aromatic rings. The topological polar surface area (TPSA) is 92.0 Å². The summed E-state index contributed by atoms with van der Waals surface area (Å²) in [5, 5.41) is 14.0. The molecule has 2 amide bonds. The molecule has 2 N–H and O–H groups in total. The van der Waals surface area contributed by atoms with Crippen molar-refractivity contribution in [2.45, 2.75) is 57.3 Å². The quantitative estimate of drug-likeness (QED) is 0.782. The molecule has 1 spiro atoms. The van der Waals surface area contributed by atoms with E-state index < -0.39 is 23.1 Å². The predicted molar refractivity (Wildman–Crippen MR) is 108 cm³/mol. The van der Waals surface area contributed by atoms with Crippen molar-refractivity contribution in [2.24, 2.45) is 0 Å². The number of amides is 2. The molecule has 2 aliphatic rings. The van der Waals surface area contributed by atoms with Gasteiger partial charge in [0.2, 0.25) is 5.91 Å². The Labute approximate surface area is 174 Å². The number of rotatable bonds is 2. The van der Waals surface area contributed by atoms with Crippen LogP contribution in [0.4, 0.5) is 4.39 Å². The number of nitrogens with zero attached hydrogens (tertiary/aromatic N) is 1. The van der Waals surface area contributed by atoms with Gasteiger partial charge in [-0.1, -0.05) is 12.1 Å². The molecule has 4 rings (SSSR count). The highest BCUT2D eigenvalue weighted by Gasteiger charge is 2.49. The summed E-state index contributed by atoms with van der Waals surface area (Å²) in [4.78, 5) is 26.3. The number of benzene rings is 1. The number of hydrogen-bond acceptors (Lipinski definition) is 5. The van der Waals surface area contributed by atoms with Gasteiger partial charge in [-0.15, -0.1) is 0 Å². The van der Waals surface area contributed by atoms with Crippen LogP contribution in [0.3, 0.4) is 0 Å². The van der Waals surface area contributed by atoms with Crippen LogP contribution < -0.4 is 5.32 Å². The molecule has 8 heteroatoms. The van der Waals surface area contributed by atoms with Gasteiger partial charge in [0.25, 0.3) is 5.91 Å². The second-order valence-corrected chi connectivity index (χ2v) is 8.75. The Morgan fingerprint density at radius 1 is 1.30 bits per heavy atom. The Kier molecular flexibility index (Phi) is 5.10. The minimum absolute atomic E-state index is 0.0998. The number of aryl methyl sites for hydroxylation is 1. The van der Waals surface area contributed by atoms with Gasteiger partial charge in [0.05, 0.1) is 18.2 Å². The highest BCUT2D eigenvalue weighted by atomic mass is 19.1. The first-order chi connectivity index (χ1) is 14.1. The summed E-state index contributed by atoms with van der Waals surface area (Å²) < 4.78 is 25.7. The van der Waals surface area contributed by atoms with E-state index in [0.717, 1.165) is 0 Å². The number of halogens is 1. The molecule has 2 saturated heterocycles. The fourth-order valence-corrected chi connectivity index (χ4v) is 4.52. The zero-order chi connectivity index (χ0) is 21.7. The van der Waals surface area contributed by atoms with Gasteiger partial charge < -0.3 is 24.5 Å². The highest BCUT2D eigenvalue weighted by molar-refractivity contribution is 5.99. The van der Waals surface area contributed by atoms with Crippen molar-refractivity contribution in [3.8, 4) is 0 Å². The minimum atomic E-state index is -1.14. The number of likely N-dealkylation sites (tertiary alicyclic amines) is 1. The van der Waals surface area contributed by atoms with Gasteiger partial charge >= 0.3 is 0 Å². The number of nitrogens with one attached hydrogen (secondary N) is 1. The van der Waals surface area contributed by atoms with E-state index in [1.54, 1.807) is 30.9 Å². The van der Waals surface area contributed by atoms with Crippen LogP contribution in [0.15, 0.2) is 22.6 Å². The largest absolute Gasteiger partial charge is 0.448 e. The van der Waals surface area contributed by atoms with E-state index in [1.807, 2.05) is 0 Å². The van der Waals surface area contributed by atoms with Crippen molar-refractivity contribution in [3.05, 3.63) is 35.3 Å². The molecular weight excluding hydrogens is 391 g/mol. The summed E-state index contributed by atoms with van der Waals surface area (Å²) >= 11 is 0. The Hall–Kier alpha value is -2.45. The average molecular weight is 418 g/mol. The van der Waals surface area contributed by atoms with E-state index in [-0.39, 0.29) is 29.8 Å². The Balaban J connectivity index is 1.48. The van der Waals surface area contributed by atoms with Crippen LogP contribution in [0.1, 0.15) is 49.2 Å². The smallest absolute Gasteiger partial charge is 0.289 e. The van der Waals surface area contributed by atoms with Gasteiger partial charge in [0.1, 0.15) is 5.60 Å². The molecule has 162 valence electrons. The molecule has 1 aromatic heterocycles. The van der Waals surface area contributed by atoms with Gasteiger partial charge in [-0.05, 0) is 39.2 Å². The number of furan rings is 1. The van der Waals surface area contributed by atoms with Crippen LogP contribution in [0.25, 0.3) is 11.0 Å². The lowest BCUT2D eigenvalue weighted by atomic mass is 9.77. The maximum atomic E-state index is 14.0. The van der Waals surface area contributed by atoms with E-state index in [2.05, 4.69) is 5.32 Å². The van der Waals surface area contributed by atoms with Crippen molar-refractivity contribution in [2.75, 3.05) is 19.7 Å². The molecule has 7 nitrogen and oxygen atoms in total. The molecule has 30 heavy (non-hydrogen) atoms. The monoisotopic (exact) mass is 418 g/mol. The first-order valence-corrected chi connectivity index (χ1v) is 10.2. The summed E-state index contributed by atoms with van der Waals surface area (Å²) in [5.74, 6) is -0.787. The second-order valence-electron chi connectivity index (χ2n) is 8.75. The summed E-state index contributed by atoms with van der Waals surface area (Å²) in [5.41, 5.74) is -0.908. The minimum Gasteiger partial charge on any atom is -0.448 e. The van der Waals surface area contributed by atoms with Gasteiger partial charge in [0, 0.05) is 31.0 Å². The zero-order valence-electron chi connectivity index (χ0n) is 17.5. The number of para-hydroxylation sites is 1. The third kappa shape index (κ3) is 3.58. The molecule has 2 atom stereocenters. The Bertz CT molecular complexity index is 991. The fraction of sp³-hybridized carbons (Fsp3) is 0.545. The van der Waals surface area contributed by atoms with Crippen molar-refractivity contribution < 1.29 is 28.2 Å². The fourth-order valence-electron chi connectivity index (χ4n) is 4.52. The van der Waals surface area contributed by atoms with E-state index in [1.165, 1.54) is 13.0 Å². The highest BCUT2D eigenvalue weighted by Crippen LogP contribution is 2.39. The molecule has 0 bridgehead atoms. The molecule has 0 unspecified atom stereocenters. The van der Waals surface area contributed by atoms with Crippen molar-refractivity contribution >= 4 is 22.8 Å². The zero-order valence-corrected chi connectivity index (χ0v) is 17.5. The van der Waals surface area contributed by atoms with Crippen molar-refractivity contribution in [1.82, 2.24) is 10.2 Å². The van der Waals surface area contributed by atoms with Crippen molar-refractivity contribution in [3.63, 3.8) is 0 Å². The van der Waals surface area contributed by atoms with E-state index in [9.17, 15) is 19.1 Å². The SMILES string of the molecule is CC(=O)N[C@H]1CC2(CCN(C(=O)c3oc4c(F)cccc4c3C)CC2)OC[C@]1(C)O. The van der Waals surface area contributed by atoms with Gasteiger partial charge in [-0.3, -0.25) is 9.59 Å². The van der Waals surface area contributed by atoms with E-state index >= 15 is 0 Å². The number of piperidine rings is 1. The molecular formula is C22H27FN2O5. The number of carbonyl (C=O) groups excluding carboxylic acids is 2. The summed E-state index contributed by atoms with van der Waals surface area (Å²) in [6.07, 6.45) is 1.65. The molecule has 1 aromatic carbocycles. The van der Waals surface area contributed by atoms with Crippen LogP contribution >= 0.6 is 0 Å². The third-order valence-corrected chi connectivity index (χ3v) is 6.45. The third-order valence-electron chi connectivity index (χ3n) is 6.45. The summed E-state index contributed by atoms with van der Waals surface area (Å²) in [6.45, 7) is 5.86.